The Labute approximate surface area is 86.8 Å². The first-order valence-electron chi connectivity index (χ1n) is 5.02. The van der Waals surface area contributed by atoms with E-state index in [1.165, 1.54) is 4.90 Å². The van der Waals surface area contributed by atoms with Gasteiger partial charge in [-0.25, -0.2) is 0 Å². The molecule has 0 amide bonds. The fourth-order valence-corrected chi connectivity index (χ4v) is 1.80. The normalized spacial score (nSPS) is 19.8. The van der Waals surface area contributed by atoms with Gasteiger partial charge in [0.15, 0.2) is 0 Å². The highest BCUT2D eigenvalue weighted by molar-refractivity contribution is 4.76. The Morgan fingerprint density at radius 1 is 1.27 bits per heavy atom. The monoisotopic (exact) mass is 227 g/mol. The molecule has 6 heteroatoms. The highest BCUT2D eigenvalue weighted by Gasteiger charge is 2.34. The maximum absolute atomic E-state index is 12.2. The van der Waals surface area contributed by atoms with E-state index in [9.17, 15) is 13.2 Å². The fraction of sp³-hybridized carbons (Fsp3) is 1.00. The number of hydrogen-bond acceptors (Lipinski definition) is 3. The molecule has 90 valence electrons. The molecule has 1 rings (SSSR count). The van der Waals surface area contributed by atoms with Crippen LogP contribution in [0, 0.1) is 0 Å². The first-order chi connectivity index (χ1) is 7.03. The summed E-state index contributed by atoms with van der Waals surface area (Å²) in [6.07, 6.45) is -2.99. The molecule has 0 atom stereocenters. The lowest BCUT2D eigenvalue weighted by atomic mass is 10.1. The van der Waals surface area contributed by atoms with Gasteiger partial charge in [-0.2, -0.15) is 13.2 Å². The maximum Gasteiger partial charge on any atom is 0.401 e. The number of aliphatic hydroxyl groups is 1. The van der Waals surface area contributed by atoms with Crippen LogP contribution in [0.25, 0.3) is 0 Å². The molecule has 1 aliphatic heterocycles. The average molecular weight is 227 g/mol. The number of ether oxygens (including phenoxy) is 1. The van der Waals surface area contributed by atoms with E-state index in [1.54, 1.807) is 0 Å². The summed E-state index contributed by atoms with van der Waals surface area (Å²) in [6.45, 7) is -0.106. The second kappa shape index (κ2) is 5.67. The lowest BCUT2D eigenvalue weighted by Gasteiger charge is -2.34. The predicted octanol–water partition coefficient (Wildman–Crippen LogP) is 1.02. The van der Waals surface area contributed by atoms with Crippen LogP contribution >= 0.6 is 0 Å². The van der Waals surface area contributed by atoms with Gasteiger partial charge in [0.1, 0.15) is 0 Å². The number of halogens is 3. The first kappa shape index (κ1) is 12.7. The summed E-state index contributed by atoms with van der Waals surface area (Å²) in [6, 6.07) is -0.118. The van der Waals surface area contributed by atoms with Gasteiger partial charge in [0.25, 0.3) is 0 Å². The van der Waals surface area contributed by atoms with Crippen LogP contribution in [0.2, 0.25) is 0 Å². The van der Waals surface area contributed by atoms with E-state index in [1.807, 2.05) is 0 Å². The zero-order chi connectivity index (χ0) is 11.3. The van der Waals surface area contributed by atoms with Crippen LogP contribution in [-0.4, -0.2) is 55.1 Å². The molecular formula is C9H16F3NO2. The second-order valence-electron chi connectivity index (χ2n) is 3.65. The van der Waals surface area contributed by atoms with Gasteiger partial charge < -0.3 is 9.84 Å². The molecule has 3 nitrogen and oxygen atoms in total. The first-order valence-corrected chi connectivity index (χ1v) is 5.02. The van der Waals surface area contributed by atoms with Gasteiger partial charge in [0, 0.05) is 25.8 Å². The van der Waals surface area contributed by atoms with E-state index >= 15 is 0 Å². The number of hydrogen-bond donors (Lipinski definition) is 1. The molecule has 0 aromatic rings. The zero-order valence-corrected chi connectivity index (χ0v) is 8.46. The quantitative estimate of drug-likeness (QED) is 0.778. The summed E-state index contributed by atoms with van der Waals surface area (Å²) in [5.41, 5.74) is 0. The van der Waals surface area contributed by atoms with Crippen molar-refractivity contribution in [2.24, 2.45) is 0 Å². The van der Waals surface area contributed by atoms with E-state index in [0.29, 0.717) is 26.1 Å². The fourth-order valence-electron chi connectivity index (χ4n) is 1.80. The predicted molar refractivity (Wildman–Crippen MR) is 48.6 cm³/mol. The topological polar surface area (TPSA) is 32.7 Å². The molecule has 1 saturated heterocycles. The third-order valence-electron chi connectivity index (χ3n) is 2.48. The van der Waals surface area contributed by atoms with Crippen LogP contribution in [-0.2, 0) is 4.74 Å². The molecule has 0 bridgehead atoms. The Bertz CT molecular complexity index is 181. The number of nitrogens with zero attached hydrogens (tertiary/aromatic N) is 1. The van der Waals surface area contributed by atoms with Gasteiger partial charge in [0.05, 0.1) is 13.2 Å². The summed E-state index contributed by atoms with van der Waals surface area (Å²) < 4.78 is 41.8. The van der Waals surface area contributed by atoms with Gasteiger partial charge in [-0.3, -0.25) is 4.90 Å². The summed E-state index contributed by atoms with van der Waals surface area (Å²) in [5.74, 6) is 0. The van der Waals surface area contributed by atoms with Crippen molar-refractivity contribution in [1.29, 1.82) is 0 Å². The Hall–Kier alpha value is -0.330. The second-order valence-corrected chi connectivity index (χ2v) is 3.65. The minimum atomic E-state index is -4.20. The maximum atomic E-state index is 12.2. The largest absolute Gasteiger partial charge is 0.401 e. The van der Waals surface area contributed by atoms with Gasteiger partial charge in [0.2, 0.25) is 0 Å². The van der Waals surface area contributed by atoms with E-state index < -0.39 is 12.7 Å². The number of alkyl halides is 3. The average Bonchev–Trinajstić information content (AvgIpc) is 2.17. The van der Waals surface area contributed by atoms with E-state index in [2.05, 4.69) is 0 Å². The van der Waals surface area contributed by atoms with Crippen LogP contribution in [0.3, 0.4) is 0 Å². The molecule has 0 unspecified atom stereocenters. The number of aliphatic hydroxyl groups excluding tert-OH is 1. The summed E-state index contributed by atoms with van der Waals surface area (Å²) in [4.78, 5) is 1.29. The van der Waals surface area contributed by atoms with Crippen LogP contribution < -0.4 is 0 Å². The standard InChI is InChI=1S/C9H16F3NO2/c10-9(11,12)7-13(3-4-14)8-1-5-15-6-2-8/h8,14H,1-7H2. The highest BCUT2D eigenvalue weighted by atomic mass is 19.4. The molecule has 0 aliphatic carbocycles. The minimum Gasteiger partial charge on any atom is -0.395 e. The van der Waals surface area contributed by atoms with Crippen molar-refractivity contribution in [3.8, 4) is 0 Å². The van der Waals surface area contributed by atoms with Crippen molar-refractivity contribution in [3.05, 3.63) is 0 Å². The molecule has 0 aromatic carbocycles. The smallest absolute Gasteiger partial charge is 0.395 e. The van der Waals surface area contributed by atoms with Gasteiger partial charge in [-0.1, -0.05) is 0 Å². The lowest BCUT2D eigenvalue weighted by Crippen LogP contribution is -2.45. The molecule has 1 N–H and O–H groups in total. The van der Waals surface area contributed by atoms with Crippen LogP contribution in [0.1, 0.15) is 12.8 Å². The van der Waals surface area contributed by atoms with Crippen molar-refractivity contribution in [3.63, 3.8) is 0 Å². The Balaban J connectivity index is 2.47. The summed E-state index contributed by atoms with van der Waals surface area (Å²) in [7, 11) is 0. The SMILES string of the molecule is OCCN(CC(F)(F)F)C1CCOCC1. The third-order valence-corrected chi connectivity index (χ3v) is 2.48. The van der Waals surface area contributed by atoms with Crippen LogP contribution in [0.15, 0.2) is 0 Å². The Morgan fingerprint density at radius 2 is 1.87 bits per heavy atom. The molecule has 0 spiro atoms. The Kier molecular flexibility index (Phi) is 4.82. The molecule has 1 heterocycles. The molecule has 1 aliphatic rings. The van der Waals surface area contributed by atoms with Crippen molar-refractivity contribution in [2.75, 3.05) is 32.9 Å². The van der Waals surface area contributed by atoms with Crippen molar-refractivity contribution in [1.82, 2.24) is 4.90 Å². The highest BCUT2D eigenvalue weighted by Crippen LogP contribution is 2.21. The zero-order valence-electron chi connectivity index (χ0n) is 8.46. The molecule has 15 heavy (non-hydrogen) atoms. The van der Waals surface area contributed by atoms with Crippen molar-refractivity contribution in [2.45, 2.75) is 25.1 Å². The summed E-state index contributed by atoms with van der Waals surface area (Å²) in [5, 5.41) is 8.72. The van der Waals surface area contributed by atoms with Crippen molar-refractivity contribution < 1.29 is 23.0 Å². The minimum absolute atomic E-state index is 0.0736. The van der Waals surface area contributed by atoms with Gasteiger partial charge >= 0.3 is 6.18 Å². The van der Waals surface area contributed by atoms with Gasteiger partial charge in [-0.15, -0.1) is 0 Å². The van der Waals surface area contributed by atoms with Crippen LogP contribution in [0.5, 0.6) is 0 Å². The Morgan fingerprint density at radius 3 is 2.33 bits per heavy atom. The van der Waals surface area contributed by atoms with E-state index in [0.717, 1.165) is 0 Å². The van der Waals surface area contributed by atoms with Crippen molar-refractivity contribution >= 4 is 0 Å². The molecule has 0 aromatic heterocycles. The van der Waals surface area contributed by atoms with E-state index in [4.69, 9.17) is 9.84 Å². The van der Waals surface area contributed by atoms with E-state index in [-0.39, 0.29) is 19.2 Å². The molecule has 0 saturated carbocycles. The third kappa shape index (κ3) is 4.81. The number of rotatable bonds is 4. The van der Waals surface area contributed by atoms with Crippen LogP contribution in [0.4, 0.5) is 13.2 Å². The molecular weight excluding hydrogens is 211 g/mol. The molecule has 1 fully saturated rings. The summed E-state index contributed by atoms with van der Waals surface area (Å²) >= 11 is 0. The lowest BCUT2D eigenvalue weighted by molar-refractivity contribution is -0.155. The molecule has 0 radical (unpaired) electrons. The van der Waals surface area contributed by atoms with Gasteiger partial charge in [-0.05, 0) is 12.8 Å².